The van der Waals surface area contributed by atoms with E-state index in [1.54, 1.807) is 0 Å². The zero-order chi connectivity index (χ0) is 19.9. The summed E-state index contributed by atoms with van der Waals surface area (Å²) in [4.78, 5) is 38.4. The Hall–Kier alpha value is -2.93. The van der Waals surface area contributed by atoms with Crippen molar-refractivity contribution in [3.05, 3.63) is 57.9 Å². The minimum Gasteiger partial charge on any atom is -0.506 e. The summed E-state index contributed by atoms with van der Waals surface area (Å²) in [6, 6.07) is 5.97. The van der Waals surface area contributed by atoms with Gasteiger partial charge in [-0.05, 0) is 30.2 Å². The number of carbonyl (C=O) groups excluding carboxylic acids is 3. The number of hydrogen-bond donors (Lipinski definition) is 2. The number of phenols is 1. The number of imide groups is 1. The zero-order valence-corrected chi connectivity index (χ0v) is 15.3. The van der Waals surface area contributed by atoms with Crippen molar-refractivity contribution in [3.8, 4) is 5.75 Å². The van der Waals surface area contributed by atoms with Crippen molar-refractivity contribution >= 4 is 35.0 Å². The Kier molecular flexibility index (Phi) is 4.89. The van der Waals surface area contributed by atoms with Gasteiger partial charge >= 0.3 is 0 Å². The highest BCUT2D eigenvalue weighted by Gasteiger charge is 2.36. The van der Waals surface area contributed by atoms with Gasteiger partial charge in [-0.2, -0.15) is 0 Å². The Morgan fingerprint density at radius 2 is 1.85 bits per heavy atom. The molecule has 0 saturated heterocycles. The van der Waals surface area contributed by atoms with E-state index in [-0.39, 0.29) is 39.9 Å². The molecule has 0 bridgehead atoms. The molecule has 1 heterocycles. The van der Waals surface area contributed by atoms with Crippen LogP contribution in [-0.4, -0.2) is 34.3 Å². The predicted octanol–water partition coefficient (Wildman–Crippen LogP) is 3.69. The van der Waals surface area contributed by atoms with Gasteiger partial charge in [-0.1, -0.05) is 25.4 Å². The van der Waals surface area contributed by atoms with Crippen LogP contribution in [0.1, 0.15) is 44.9 Å². The standard InChI is InChI=1S/C19H16ClFN2O4/c1-9(2)8-23-18(26)11-4-3-10(5-12(11)19(23)27)17(25)22-15-6-13(20)16(24)7-14(15)21/h3-7,9,24H,8H2,1-2H3,(H,22,25). The summed E-state index contributed by atoms with van der Waals surface area (Å²) in [5.41, 5.74) is 0.241. The molecule has 0 aliphatic carbocycles. The number of fused-ring (bicyclic) bond motifs is 1. The van der Waals surface area contributed by atoms with Crippen LogP contribution in [0.5, 0.6) is 5.75 Å². The molecule has 2 aromatic rings. The van der Waals surface area contributed by atoms with E-state index in [0.29, 0.717) is 0 Å². The molecule has 0 unspecified atom stereocenters. The predicted molar refractivity (Wildman–Crippen MR) is 97.7 cm³/mol. The van der Waals surface area contributed by atoms with Gasteiger partial charge in [-0.25, -0.2) is 4.39 Å². The van der Waals surface area contributed by atoms with Gasteiger partial charge in [0.25, 0.3) is 17.7 Å². The summed E-state index contributed by atoms with van der Waals surface area (Å²) in [5, 5.41) is 11.6. The lowest BCUT2D eigenvalue weighted by molar-refractivity contribution is 0.0636. The molecule has 2 aromatic carbocycles. The van der Waals surface area contributed by atoms with Crippen LogP contribution in [0, 0.1) is 11.7 Å². The third-order valence-electron chi connectivity index (χ3n) is 4.07. The molecule has 2 N–H and O–H groups in total. The highest BCUT2D eigenvalue weighted by atomic mass is 35.5. The Bertz CT molecular complexity index is 974. The maximum absolute atomic E-state index is 13.9. The van der Waals surface area contributed by atoms with E-state index in [4.69, 9.17) is 11.6 Å². The first-order valence-corrected chi connectivity index (χ1v) is 8.56. The molecule has 1 aliphatic heterocycles. The first-order valence-electron chi connectivity index (χ1n) is 8.18. The van der Waals surface area contributed by atoms with Gasteiger partial charge < -0.3 is 10.4 Å². The van der Waals surface area contributed by atoms with Crippen LogP contribution in [0.15, 0.2) is 30.3 Å². The van der Waals surface area contributed by atoms with Crippen molar-refractivity contribution in [2.75, 3.05) is 11.9 Å². The number of benzene rings is 2. The first kappa shape index (κ1) is 18.8. The SMILES string of the molecule is CC(C)CN1C(=O)c2ccc(C(=O)Nc3cc(Cl)c(O)cc3F)cc2C1=O. The summed E-state index contributed by atoms with van der Waals surface area (Å²) in [7, 11) is 0. The van der Waals surface area contributed by atoms with Crippen LogP contribution in [0.4, 0.5) is 10.1 Å². The second kappa shape index (κ2) is 7.00. The van der Waals surface area contributed by atoms with Gasteiger partial charge in [0.15, 0.2) is 5.82 Å². The average Bonchev–Trinajstić information content (AvgIpc) is 2.83. The van der Waals surface area contributed by atoms with Gasteiger partial charge in [0.1, 0.15) is 5.75 Å². The number of halogens is 2. The van der Waals surface area contributed by atoms with Crippen LogP contribution in [0.2, 0.25) is 5.02 Å². The lowest BCUT2D eigenvalue weighted by Crippen LogP contribution is -2.33. The van der Waals surface area contributed by atoms with E-state index in [9.17, 15) is 23.9 Å². The number of nitrogens with one attached hydrogen (secondary N) is 1. The lowest BCUT2D eigenvalue weighted by atomic mass is 10.1. The fourth-order valence-corrected chi connectivity index (χ4v) is 2.95. The fraction of sp³-hybridized carbons (Fsp3) is 0.211. The molecule has 3 amide bonds. The largest absolute Gasteiger partial charge is 0.506 e. The van der Waals surface area contributed by atoms with E-state index < -0.39 is 29.3 Å². The second-order valence-corrected chi connectivity index (χ2v) is 7.02. The number of carbonyl (C=O) groups is 3. The molecule has 0 aromatic heterocycles. The number of anilines is 1. The number of hydrogen-bond acceptors (Lipinski definition) is 4. The Morgan fingerprint density at radius 3 is 2.52 bits per heavy atom. The molecule has 0 fully saturated rings. The first-order chi connectivity index (χ1) is 12.7. The monoisotopic (exact) mass is 390 g/mol. The smallest absolute Gasteiger partial charge is 0.261 e. The summed E-state index contributed by atoms with van der Waals surface area (Å²) >= 11 is 5.73. The summed E-state index contributed by atoms with van der Waals surface area (Å²) in [5.74, 6) is -2.73. The molecule has 0 saturated carbocycles. The number of amides is 3. The molecular weight excluding hydrogens is 375 g/mol. The Morgan fingerprint density at radius 1 is 1.19 bits per heavy atom. The normalized spacial score (nSPS) is 13.3. The Labute approximate surface area is 159 Å². The quantitative estimate of drug-likeness (QED) is 0.615. The van der Waals surface area contributed by atoms with E-state index >= 15 is 0 Å². The van der Waals surface area contributed by atoms with Crippen LogP contribution < -0.4 is 5.32 Å². The molecule has 1 aliphatic rings. The third-order valence-corrected chi connectivity index (χ3v) is 4.37. The second-order valence-electron chi connectivity index (χ2n) is 6.61. The highest BCUT2D eigenvalue weighted by Crippen LogP contribution is 2.30. The van der Waals surface area contributed by atoms with Crippen molar-refractivity contribution in [2.24, 2.45) is 5.92 Å². The molecule has 3 rings (SSSR count). The van der Waals surface area contributed by atoms with Crippen molar-refractivity contribution in [2.45, 2.75) is 13.8 Å². The molecule has 140 valence electrons. The number of nitrogens with zero attached hydrogens (tertiary/aromatic N) is 1. The molecule has 0 radical (unpaired) electrons. The van der Waals surface area contributed by atoms with Crippen molar-refractivity contribution < 1.29 is 23.9 Å². The third kappa shape index (κ3) is 3.50. The molecule has 8 heteroatoms. The lowest BCUT2D eigenvalue weighted by Gasteiger charge is -2.15. The fourth-order valence-electron chi connectivity index (χ4n) is 2.79. The van der Waals surface area contributed by atoms with Gasteiger partial charge in [0, 0.05) is 18.2 Å². The molecule has 0 atom stereocenters. The van der Waals surface area contributed by atoms with E-state index in [2.05, 4.69) is 5.32 Å². The van der Waals surface area contributed by atoms with Gasteiger partial charge in [-0.15, -0.1) is 0 Å². The topological polar surface area (TPSA) is 86.7 Å². The highest BCUT2D eigenvalue weighted by molar-refractivity contribution is 6.32. The van der Waals surface area contributed by atoms with Crippen LogP contribution in [-0.2, 0) is 0 Å². The molecular formula is C19H16ClFN2O4. The van der Waals surface area contributed by atoms with E-state index in [0.717, 1.165) is 17.0 Å². The van der Waals surface area contributed by atoms with Crippen molar-refractivity contribution in [1.29, 1.82) is 0 Å². The summed E-state index contributed by atoms with van der Waals surface area (Å²) < 4.78 is 13.9. The van der Waals surface area contributed by atoms with Crippen molar-refractivity contribution in [1.82, 2.24) is 4.90 Å². The van der Waals surface area contributed by atoms with Crippen molar-refractivity contribution in [3.63, 3.8) is 0 Å². The van der Waals surface area contributed by atoms with Gasteiger partial charge in [0.2, 0.25) is 0 Å². The Balaban J connectivity index is 1.87. The number of rotatable bonds is 4. The number of phenolic OH excluding ortho intramolecular Hbond substituents is 1. The van der Waals surface area contributed by atoms with E-state index in [1.807, 2.05) is 13.8 Å². The minimum atomic E-state index is -0.860. The molecule has 27 heavy (non-hydrogen) atoms. The minimum absolute atomic E-state index is 0.0879. The summed E-state index contributed by atoms with van der Waals surface area (Å²) in [6.07, 6.45) is 0. The molecule has 0 spiro atoms. The maximum atomic E-state index is 13.9. The zero-order valence-electron chi connectivity index (χ0n) is 14.5. The van der Waals surface area contributed by atoms with Gasteiger partial charge in [-0.3, -0.25) is 19.3 Å². The van der Waals surface area contributed by atoms with Crippen LogP contribution in [0.25, 0.3) is 0 Å². The maximum Gasteiger partial charge on any atom is 0.261 e. The van der Waals surface area contributed by atoms with Gasteiger partial charge in [0.05, 0.1) is 21.8 Å². The van der Waals surface area contributed by atoms with Crippen LogP contribution in [0.3, 0.4) is 0 Å². The van der Waals surface area contributed by atoms with E-state index in [1.165, 1.54) is 18.2 Å². The average molecular weight is 391 g/mol. The van der Waals surface area contributed by atoms with Crippen LogP contribution >= 0.6 is 11.6 Å². The molecule has 6 nitrogen and oxygen atoms in total. The number of aromatic hydroxyl groups is 1. The summed E-state index contributed by atoms with van der Waals surface area (Å²) in [6.45, 7) is 4.06.